The van der Waals surface area contributed by atoms with Gasteiger partial charge in [-0.25, -0.2) is 0 Å². The number of carboxylic acid groups (broad SMARTS) is 1. The van der Waals surface area contributed by atoms with Gasteiger partial charge < -0.3 is 15.5 Å². The Morgan fingerprint density at radius 2 is 2.04 bits per heavy atom. The third-order valence-corrected chi connectivity index (χ3v) is 5.65. The molecular weight excluding hydrogens is 314 g/mol. The van der Waals surface area contributed by atoms with E-state index in [0.29, 0.717) is 24.4 Å². The molecule has 142 valence electrons. The molecule has 0 radical (unpaired) electrons. The van der Waals surface area contributed by atoms with Gasteiger partial charge in [0.05, 0.1) is 6.10 Å². The molecular formula is C21H35NO3. The molecule has 4 heteroatoms. The van der Waals surface area contributed by atoms with Gasteiger partial charge in [-0.2, -0.15) is 0 Å². The van der Waals surface area contributed by atoms with Gasteiger partial charge in [0.25, 0.3) is 0 Å². The van der Waals surface area contributed by atoms with E-state index in [1.165, 1.54) is 25.7 Å². The summed E-state index contributed by atoms with van der Waals surface area (Å²) in [5.74, 6) is 0.676. The standard InChI is InChI=1S/C21H35NO3/c1-2-3-6-9-18(23)12-13-20-19(16-14-17(15-16)22-20)10-7-4-5-8-11-21(24)25/h4,7,12-13,16-20,22-23H,2-3,5-6,8-11,14-15H2,1H3,(H,24,25)/b7-4-,13-12+/t16?,17?,18-,19-,20?/m0/s1. The zero-order valence-electron chi connectivity index (χ0n) is 15.6. The van der Waals surface area contributed by atoms with Gasteiger partial charge in [0.1, 0.15) is 0 Å². The summed E-state index contributed by atoms with van der Waals surface area (Å²) in [7, 11) is 0. The molecule has 1 unspecified atom stereocenters. The molecule has 2 heterocycles. The first-order valence-electron chi connectivity index (χ1n) is 10.1. The van der Waals surface area contributed by atoms with Gasteiger partial charge >= 0.3 is 5.97 Å². The predicted octanol–water partition coefficient (Wildman–Crippen LogP) is 4.05. The molecule has 1 saturated carbocycles. The van der Waals surface area contributed by atoms with Crippen molar-refractivity contribution in [3.8, 4) is 0 Å². The largest absolute Gasteiger partial charge is 0.481 e. The normalized spacial score (nSPS) is 29.8. The minimum atomic E-state index is -0.715. The van der Waals surface area contributed by atoms with E-state index in [0.717, 1.165) is 31.6 Å². The van der Waals surface area contributed by atoms with Gasteiger partial charge in [-0.1, -0.05) is 50.5 Å². The number of aliphatic hydroxyl groups excluding tert-OH is 1. The van der Waals surface area contributed by atoms with Crippen molar-refractivity contribution in [1.29, 1.82) is 0 Å². The first-order chi connectivity index (χ1) is 12.1. The van der Waals surface area contributed by atoms with Crippen LogP contribution in [0.4, 0.5) is 0 Å². The summed E-state index contributed by atoms with van der Waals surface area (Å²) in [5.41, 5.74) is 0. The summed E-state index contributed by atoms with van der Waals surface area (Å²) in [6.07, 6.45) is 18.0. The van der Waals surface area contributed by atoms with Crippen molar-refractivity contribution in [2.24, 2.45) is 11.8 Å². The van der Waals surface area contributed by atoms with Crippen molar-refractivity contribution in [2.45, 2.75) is 89.3 Å². The SMILES string of the molecule is CCCCC[C@H](O)/C=C/C1NC2CC(C2)[C@@H]1C/C=C\CCCC(=O)O. The Balaban J connectivity index is 1.76. The van der Waals surface area contributed by atoms with Crippen LogP contribution in [0, 0.1) is 11.8 Å². The van der Waals surface area contributed by atoms with Gasteiger partial charge in [-0.15, -0.1) is 0 Å². The Morgan fingerprint density at radius 3 is 2.76 bits per heavy atom. The lowest BCUT2D eigenvalue weighted by Crippen LogP contribution is -2.58. The van der Waals surface area contributed by atoms with Crippen LogP contribution in [-0.4, -0.2) is 34.4 Å². The van der Waals surface area contributed by atoms with Gasteiger partial charge in [0.15, 0.2) is 0 Å². The number of rotatable bonds is 12. The average Bonchev–Trinajstić information content (AvgIpc) is 2.55. The van der Waals surface area contributed by atoms with Crippen molar-refractivity contribution in [3.63, 3.8) is 0 Å². The Labute approximate surface area is 152 Å². The van der Waals surface area contributed by atoms with E-state index in [4.69, 9.17) is 5.11 Å². The summed E-state index contributed by atoms with van der Waals surface area (Å²) in [5, 5.41) is 22.5. The fraction of sp³-hybridized carbons (Fsp3) is 0.762. The van der Waals surface area contributed by atoms with Crippen LogP contribution in [0.15, 0.2) is 24.3 Å². The summed E-state index contributed by atoms with van der Waals surface area (Å²) >= 11 is 0. The van der Waals surface area contributed by atoms with Crippen molar-refractivity contribution >= 4 is 5.97 Å². The molecule has 2 bridgehead atoms. The van der Waals surface area contributed by atoms with Crippen molar-refractivity contribution in [2.75, 3.05) is 0 Å². The van der Waals surface area contributed by atoms with Gasteiger partial charge in [-0.05, 0) is 50.4 Å². The van der Waals surface area contributed by atoms with Crippen LogP contribution in [0.1, 0.15) is 71.1 Å². The quantitative estimate of drug-likeness (QED) is 0.367. The molecule has 0 aromatic heterocycles. The first kappa shape index (κ1) is 20.2. The second kappa shape index (κ2) is 10.8. The zero-order chi connectivity index (χ0) is 18.1. The maximum atomic E-state index is 10.5. The van der Waals surface area contributed by atoms with Crippen LogP contribution in [0.25, 0.3) is 0 Å². The Kier molecular flexibility index (Phi) is 8.70. The van der Waals surface area contributed by atoms with Crippen LogP contribution in [-0.2, 0) is 4.79 Å². The van der Waals surface area contributed by atoms with Gasteiger partial charge in [-0.3, -0.25) is 4.79 Å². The number of hydrogen-bond donors (Lipinski definition) is 3. The molecule has 3 rings (SSSR count). The third-order valence-electron chi connectivity index (χ3n) is 5.65. The van der Waals surface area contributed by atoms with Crippen molar-refractivity contribution in [3.05, 3.63) is 24.3 Å². The fourth-order valence-electron chi connectivity index (χ4n) is 4.06. The fourth-order valence-corrected chi connectivity index (χ4v) is 4.06. The second-order valence-corrected chi connectivity index (χ2v) is 7.73. The Morgan fingerprint density at radius 1 is 1.24 bits per heavy atom. The Bertz CT molecular complexity index is 454. The summed E-state index contributed by atoms with van der Waals surface area (Å²) < 4.78 is 0. The number of piperidine rings is 2. The van der Waals surface area contributed by atoms with Crippen LogP contribution in [0.2, 0.25) is 0 Å². The van der Waals surface area contributed by atoms with Crippen LogP contribution in [0.5, 0.6) is 0 Å². The minimum Gasteiger partial charge on any atom is -0.481 e. The second-order valence-electron chi connectivity index (χ2n) is 7.73. The molecule has 0 amide bonds. The summed E-state index contributed by atoms with van der Waals surface area (Å²) in [6.45, 7) is 2.18. The zero-order valence-corrected chi connectivity index (χ0v) is 15.6. The van der Waals surface area contributed by atoms with Crippen LogP contribution < -0.4 is 5.32 Å². The monoisotopic (exact) mass is 349 g/mol. The predicted molar refractivity (Wildman–Crippen MR) is 101 cm³/mol. The number of aliphatic carboxylic acids is 1. The molecule has 0 spiro atoms. The molecule has 3 aliphatic rings. The van der Waals surface area contributed by atoms with E-state index in [1.807, 2.05) is 6.08 Å². The van der Waals surface area contributed by atoms with Crippen LogP contribution in [0.3, 0.4) is 0 Å². The lowest BCUT2D eigenvalue weighted by molar-refractivity contribution is -0.137. The van der Waals surface area contributed by atoms with E-state index in [2.05, 4.69) is 30.5 Å². The highest BCUT2D eigenvalue weighted by atomic mass is 16.4. The van der Waals surface area contributed by atoms with E-state index in [1.54, 1.807) is 0 Å². The number of carbonyl (C=O) groups is 1. The number of nitrogens with one attached hydrogen (secondary N) is 1. The number of unbranched alkanes of at least 4 members (excludes halogenated alkanes) is 3. The minimum absolute atomic E-state index is 0.251. The van der Waals surface area contributed by atoms with Crippen molar-refractivity contribution in [1.82, 2.24) is 5.32 Å². The highest BCUT2D eigenvalue weighted by Gasteiger charge is 2.43. The number of aliphatic hydroxyl groups is 1. The molecule has 2 aliphatic heterocycles. The molecule has 3 fully saturated rings. The lowest BCUT2D eigenvalue weighted by Gasteiger charge is -2.51. The van der Waals surface area contributed by atoms with Crippen LogP contribution >= 0.6 is 0 Å². The molecule has 2 saturated heterocycles. The van der Waals surface area contributed by atoms with Gasteiger partial charge in [0, 0.05) is 18.5 Å². The number of fused-ring (bicyclic) bond motifs is 2. The first-order valence-corrected chi connectivity index (χ1v) is 10.1. The molecule has 3 atom stereocenters. The number of hydrogen-bond acceptors (Lipinski definition) is 3. The number of allylic oxidation sites excluding steroid dienone is 2. The van der Waals surface area contributed by atoms with Gasteiger partial charge in [0.2, 0.25) is 0 Å². The van der Waals surface area contributed by atoms with E-state index >= 15 is 0 Å². The smallest absolute Gasteiger partial charge is 0.303 e. The van der Waals surface area contributed by atoms with E-state index in [-0.39, 0.29) is 12.5 Å². The lowest BCUT2D eigenvalue weighted by atomic mass is 9.64. The molecule has 25 heavy (non-hydrogen) atoms. The van der Waals surface area contributed by atoms with E-state index in [9.17, 15) is 9.90 Å². The van der Waals surface area contributed by atoms with Crippen molar-refractivity contribution < 1.29 is 15.0 Å². The molecule has 3 N–H and O–H groups in total. The Hall–Kier alpha value is -1.13. The molecule has 4 nitrogen and oxygen atoms in total. The maximum Gasteiger partial charge on any atom is 0.303 e. The van der Waals surface area contributed by atoms with E-state index < -0.39 is 5.97 Å². The summed E-state index contributed by atoms with van der Waals surface area (Å²) in [6, 6.07) is 1.02. The maximum absolute atomic E-state index is 10.5. The topological polar surface area (TPSA) is 69.6 Å². The molecule has 0 aromatic carbocycles. The number of carboxylic acids is 1. The third kappa shape index (κ3) is 6.95. The molecule has 1 aliphatic carbocycles. The highest BCUT2D eigenvalue weighted by molar-refractivity contribution is 5.66. The summed E-state index contributed by atoms with van der Waals surface area (Å²) in [4.78, 5) is 10.5. The molecule has 0 aromatic rings. The average molecular weight is 350 g/mol. The highest BCUT2D eigenvalue weighted by Crippen LogP contribution is 2.43.